The first-order chi connectivity index (χ1) is 10.1. The van der Waals surface area contributed by atoms with E-state index >= 15 is 0 Å². The molecule has 108 valence electrons. The van der Waals surface area contributed by atoms with E-state index in [1.807, 2.05) is 12.2 Å². The maximum absolute atomic E-state index is 13.0. The van der Waals surface area contributed by atoms with Crippen LogP contribution in [0.5, 0.6) is 0 Å². The van der Waals surface area contributed by atoms with Crippen molar-refractivity contribution in [1.29, 1.82) is 0 Å². The minimum Gasteiger partial charge on any atom is -0.277 e. The van der Waals surface area contributed by atoms with Gasteiger partial charge in [-0.25, -0.2) is 9.18 Å². The molecule has 1 aromatic carbocycles. The highest BCUT2D eigenvalue weighted by atomic mass is 19.1. The number of carbonyl (C=O) groups is 3. The van der Waals surface area contributed by atoms with Gasteiger partial charge in [0.25, 0.3) is 0 Å². The minimum absolute atomic E-state index is 0.256. The molecule has 2 aliphatic rings. The topological polar surface area (TPSA) is 66.5 Å². The normalized spacial score (nSPS) is 22.8. The summed E-state index contributed by atoms with van der Waals surface area (Å²) in [5.74, 6) is -2.78. The number of hydrogen-bond donors (Lipinski definition) is 1. The third-order valence-corrected chi connectivity index (χ3v) is 3.75. The molecule has 1 heterocycles. The van der Waals surface area contributed by atoms with Crippen LogP contribution in [0.2, 0.25) is 0 Å². The lowest BCUT2D eigenvalue weighted by Gasteiger charge is -2.34. The summed E-state index contributed by atoms with van der Waals surface area (Å²) in [6, 6.07) is 4.21. The molecule has 1 aliphatic heterocycles. The van der Waals surface area contributed by atoms with Crippen LogP contribution in [0.1, 0.15) is 24.3 Å². The van der Waals surface area contributed by atoms with Crippen LogP contribution in [0, 0.1) is 5.82 Å². The number of nitrogens with one attached hydrogen (secondary N) is 1. The second kappa shape index (κ2) is 5.12. The van der Waals surface area contributed by atoms with Gasteiger partial charge in [-0.1, -0.05) is 24.3 Å². The zero-order chi connectivity index (χ0) is 15.0. The zero-order valence-electron chi connectivity index (χ0n) is 11.1. The third-order valence-electron chi connectivity index (χ3n) is 3.75. The highest BCUT2D eigenvalue weighted by Crippen LogP contribution is 2.27. The molecule has 1 atom stereocenters. The molecule has 4 amide bonds. The summed E-state index contributed by atoms with van der Waals surface area (Å²) in [4.78, 5) is 37.5. The van der Waals surface area contributed by atoms with Gasteiger partial charge in [-0.15, -0.1) is 0 Å². The fourth-order valence-electron chi connectivity index (χ4n) is 2.70. The molecule has 21 heavy (non-hydrogen) atoms. The Bertz CT molecular complexity index is 631. The average Bonchev–Trinajstić information content (AvgIpc) is 2.94. The Hall–Kier alpha value is -2.50. The van der Waals surface area contributed by atoms with Crippen molar-refractivity contribution in [2.45, 2.75) is 24.8 Å². The van der Waals surface area contributed by atoms with Gasteiger partial charge in [-0.3, -0.25) is 19.8 Å². The first-order valence-corrected chi connectivity index (χ1v) is 6.66. The smallest absolute Gasteiger partial charge is 0.277 e. The van der Waals surface area contributed by atoms with E-state index in [-0.39, 0.29) is 6.04 Å². The Labute approximate surface area is 120 Å². The molecule has 0 aromatic heterocycles. The molecule has 1 aliphatic carbocycles. The number of halogens is 1. The Morgan fingerprint density at radius 3 is 2.29 bits per heavy atom. The van der Waals surface area contributed by atoms with Gasteiger partial charge in [-0.05, 0) is 30.5 Å². The summed E-state index contributed by atoms with van der Waals surface area (Å²) in [5, 5.41) is 2.21. The van der Waals surface area contributed by atoms with Crippen molar-refractivity contribution >= 4 is 17.8 Å². The summed E-state index contributed by atoms with van der Waals surface area (Å²) < 4.78 is 13.0. The van der Waals surface area contributed by atoms with Crippen LogP contribution in [-0.4, -0.2) is 28.8 Å². The van der Waals surface area contributed by atoms with Crippen LogP contribution in [0.4, 0.5) is 9.18 Å². The molecule has 5 nitrogen and oxygen atoms in total. The Morgan fingerprint density at radius 2 is 1.67 bits per heavy atom. The van der Waals surface area contributed by atoms with Crippen molar-refractivity contribution in [1.82, 2.24) is 10.2 Å². The van der Waals surface area contributed by atoms with Gasteiger partial charge in [0.05, 0.1) is 0 Å². The lowest BCUT2D eigenvalue weighted by Crippen LogP contribution is -2.59. The molecule has 1 N–H and O–H groups in total. The monoisotopic (exact) mass is 288 g/mol. The summed E-state index contributed by atoms with van der Waals surface area (Å²) in [5.41, 5.74) is 0.377. The summed E-state index contributed by atoms with van der Waals surface area (Å²) in [6.45, 7) is 0. The predicted molar refractivity (Wildman–Crippen MR) is 71.7 cm³/mol. The molecular formula is C15H13FN2O3. The van der Waals surface area contributed by atoms with E-state index in [4.69, 9.17) is 0 Å². The minimum atomic E-state index is -1.11. The van der Waals surface area contributed by atoms with E-state index in [0.29, 0.717) is 18.4 Å². The second-order valence-electron chi connectivity index (χ2n) is 5.08. The van der Waals surface area contributed by atoms with Gasteiger partial charge in [0.2, 0.25) is 11.8 Å². The lowest BCUT2D eigenvalue weighted by molar-refractivity contribution is -0.140. The molecule has 0 saturated carbocycles. The van der Waals surface area contributed by atoms with Crippen LogP contribution in [0.3, 0.4) is 0 Å². The number of rotatable bonds is 2. The van der Waals surface area contributed by atoms with E-state index in [9.17, 15) is 18.8 Å². The Kier molecular flexibility index (Phi) is 3.29. The quantitative estimate of drug-likeness (QED) is 0.665. The van der Waals surface area contributed by atoms with Crippen LogP contribution in [0.15, 0.2) is 36.4 Å². The van der Waals surface area contributed by atoms with Crippen molar-refractivity contribution in [3.63, 3.8) is 0 Å². The number of hydrogen-bond acceptors (Lipinski definition) is 3. The maximum Gasteiger partial charge on any atom is 0.331 e. The van der Waals surface area contributed by atoms with E-state index in [0.717, 1.165) is 4.90 Å². The summed E-state index contributed by atoms with van der Waals surface area (Å²) in [6.07, 6.45) is 4.97. The maximum atomic E-state index is 13.0. The number of barbiturate groups is 1. The number of amides is 4. The largest absolute Gasteiger partial charge is 0.331 e. The fourth-order valence-corrected chi connectivity index (χ4v) is 2.70. The van der Waals surface area contributed by atoms with Crippen LogP contribution in [0.25, 0.3) is 0 Å². The Morgan fingerprint density at radius 1 is 1.05 bits per heavy atom. The van der Waals surface area contributed by atoms with Crippen LogP contribution in [-0.2, 0) is 9.59 Å². The lowest BCUT2D eigenvalue weighted by atomic mass is 9.94. The van der Waals surface area contributed by atoms with Crippen molar-refractivity contribution in [2.75, 3.05) is 0 Å². The molecule has 0 radical (unpaired) electrons. The number of urea groups is 1. The number of benzene rings is 1. The first kappa shape index (κ1) is 13.5. The third kappa shape index (κ3) is 2.33. The zero-order valence-corrected chi connectivity index (χ0v) is 11.1. The molecule has 0 bridgehead atoms. The molecular weight excluding hydrogens is 275 g/mol. The van der Waals surface area contributed by atoms with Crippen molar-refractivity contribution in [3.05, 3.63) is 47.8 Å². The van der Waals surface area contributed by atoms with Crippen LogP contribution < -0.4 is 5.32 Å². The van der Waals surface area contributed by atoms with E-state index in [2.05, 4.69) is 5.32 Å². The average molecular weight is 288 g/mol. The van der Waals surface area contributed by atoms with E-state index < -0.39 is 29.6 Å². The number of carbonyl (C=O) groups excluding carboxylic acids is 3. The van der Waals surface area contributed by atoms with Crippen molar-refractivity contribution < 1.29 is 18.8 Å². The van der Waals surface area contributed by atoms with Gasteiger partial charge in [0.15, 0.2) is 0 Å². The standard InChI is InChI=1S/C15H13FN2O3/c16-10-7-5-9(6-8-10)12-13(19)17-15(21)18(14(12)20)11-3-1-2-4-11/h1-2,5-8,11-12H,3-4H2,(H,17,19,21). The van der Waals surface area contributed by atoms with E-state index in [1.165, 1.54) is 24.3 Å². The molecule has 3 rings (SSSR count). The van der Waals surface area contributed by atoms with Crippen molar-refractivity contribution in [2.24, 2.45) is 0 Å². The van der Waals surface area contributed by atoms with Gasteiger partial charge in [0, 0.05) is 6.04 Å². The fraction of sp³-hybridized carbons (Fsp3) is 0.267. The second-order valence-corrected chi connectivity index (χ2v) is 5.08. The van der Waals surface area contributed by atoms with Gasteiger partial charge >= 0.3 is 6.03 Å². The molecule has 1 aromatic rings. The Balaban J connectivity index is 1.92. The number of nitrogens with zero attached hydrogens (tertiary/aromatic N) is 1. The van der Waals surface area contributed by atoms with Gasteiger partial charge in [0.1, 0.15) is 11.7 Å². The highest BCUT2D eigenvalue weighted by molar-refractivity contribution is 6.19. The molecule has 1 fully saturated rings. The first-order valence-electron chi connectivity index (χ1n) is 6.66. The molecule has 1 unspecified atom stereocenters. The predicted octanol–water partition coefficient (Wildman–Crippen LogP) is 1.71. The SMILES string of the molecule is O=C1NC(=O)N(C2CC=CC2)C(=O)C1c1ccc(F)cc1. The summed E-state index contributed by atoms with van der Waals surface area (Å²) >= 11 is 0. The molecule has 6 heteroatoms. The van der Waals surface area contributed by atoms with E-state index in [1.54, 1.807) is 0 Å². The number of imide groups is 2. The molecule has 0 spiro atoms. The van der Waals surface area contributed by atoms with Crippen LogP contribution >= 0.6 is 0 Å². The highest BCUT2D eigenvalue weighted by Gasteiger charge is 2.44. The summed E-state index contributed by atoms with van der Waals surface area (Å²) in [7, 11) is 0. The van der Waals surface area contributed by atoms with Gasteiger partial charge < -0.3 is 0 Å². The molecule has 1 saturated heterocycles. The van der Waals surface area contributed by atoms with Gasteiger partial charge in [-0.2, -0.15) is 0 Å². The van der Waals surface area contributed by atoms with Crippen molar-refractivity contribution in [3.8, 4) is 0 Å².